The smallest absolute Gasteiger partial charge is 0.246 e. The summed E-state index contributed by atoms with van der Waals surface area (Å²) in [5, 5.41) is 9.31. The van der Waals surface area contributed by atoms with E-state index in [0.29, 0.717) is 18.7 Å². The number of carbonyl (C=O) groups is 1. The van der Waals surface area contributed by atoms with Crippen molar-refractivity contribution < 1.29 is 19.0 Å². The molecule has 102 valence electrons. The Balaban J connectivity index is 4.13. The Morgan fingerprint density at radius 1 is 1.41 bits per heavy atom. The van der Waals surface area contributed by atoms with E-state index in [4.69, 9.17) is 10.3 Å². The lowest BCUT2D eigenvalue weighted by Crippen LogP contribution is -2.30. The second-order valence-corrected chi connectivity index (χ2v) is 7.80. The van der Waals surface area contributed by atoms with E-state index in [0.717, 1.165) is 0 Å². The van der Waals surface area contributed by atoms with Crippen LogP contribution in [0.1, 0.15) is 27.2 Å². The Morgan fingerprint density at radius 2 is 1.94 bits per heavy atom. The van der Waals surface area contributed by atoms with E-state index in [1.807, 2.05) is 20.8 Å². The Morgan fingerprint density at radius 3 is 2.35 bits per heavy atom. The third-order valence-electron chi connectivity index (χ3n) is 2.28. The number of nitrogens with two attached hydrogens (primary N) is 1. The first-order chi connectivity index (χ1) is 7.64. The first kappa shape index (κ1) is 16.6. The van der Waals surface area contributed by atoms with E-state index in [2.05, 4.69) is 0 Å². The molecule has 3 unspecified atom stereocenters. The summed E-state index contributed by atoms with van der Waals surface area (Å²) in [6.07, 6.45) is -0.600. The van der Waals surface area contributed by atoms with Gasteiger partial charge >= 0.3 is 0 Å². The highest BCUT2D eigenvalue weighted by molar-refractivity contribution is 7.58. The van der Waals surface area contributed by atoms with E-state index >= 15 is 0 Å². The molecule has 0 fully saturated rings. The molecular weight excluding hydrogens is 241 g/mol. The van der Waals surface area contributed by atoms with E-state index in [9.17, 15) is 14.5 Å². The van der Waals surface area contributed by atoms with Crippen LogP contribution in [0.3, 0.4) is 0 Å². The van der Waals surface area contributed by atoms with Gasteiger partial charge < -0.3 is 15.4 Å². The van der Waals surface area contributed by atoms with Crippen molar-refractivity contribution in [1.82, 2.24) is 0 Å². The average Bonchev–Trinajstić information content (AvgIpc) is 2.13. The molecule has 0 aliphatic heterocycles. The van der Waals surface area contributed by atoms with Gasteiger partial charge in [0.05, 0.1) is 6.61 Å². The highest BCUT2D eigenvalue weighted by atomic mass is 31.2. The van der Waals surface area contributed by atoms with Crippen LogP contribution >= 0.6 is 7.37 Å². The maximum atomic E-state index is 12.1. The molecule has 0 aromatic carbocycles. The molecule has 0 radical (unpaired) electrons. The SMILES string of the molecule is CC(C)COP(C)(=O)CC(C)CC(O)C(N)=O. The third kappa shape index (κ3) is 8.36. The summed E-state index contributed by atoms with van der Waals surface area (Å²) in [5.41, 5.74) is 4.96. The van der Waals surface area contributed by atoms with Gasteiger partial charge in [-0.2, -0.15) is 0 Å². The van der Waals surface area contributed by atoms with Crippen LogP contribution in [-0.4, -0.2) is 36.6 Å². The minimum Gasteiger partial charge on any atom is -0.383 e. The van der Waals surface area contributed by atoms with Crippen molar-refractivity contribution >= 4 is 13.3 Å². The fourth-order valence-corrected chi connectivity index (χ4v) is 3.50. The summed E-state index contributed by atoms with van der Waals surface area (Å²) >= 11 is 0. The molecule has 0 aromatic rings. The Kier molecular flexibility index (Phi) is 6.98. The minimum atomic E-state index is -2.65. The molecule has 3 atom stereocenters. The van der Waals surface area contributed by atoms with Crippen LogP contribution in [0, 0.1) is 11.8 Å². The zero-order chi connectivity index (χ0) is 13.6. The fourth-order valence-electron chi connectivity index (χ4n) is 1.50. The second-order valence-electron chi connectivity index (χ2n) is 5.15. The number of carbonyl (C=O) groups excluding carboxylic acids is 1. The number of rotatable bonds is 8. The van der Waals surface area contributed by atoms with Gasteiger partial charge in [-0.3, -0.25) is 9.36 Å². The van der Waals surface area contributed by atoms with E-state index < -0.39 is 19.4 Å². The highest BCUT2D eigenvalue weighted by Gasteiger charge is 2.23. The lowest BCUT2D eigenvalue weighted by atomic mass is 10.1. The van der Waals surface area contributed by atoms with Crippen molar-refractivity contribution in [2.24, 2.45) is 17.6 Å². The normalized spacial score (nSPS) is 18.7. The molecular formula is C11H24NO4P. The van der Waals surface area contributed by atoms with Gasteiger partial charge in [-0.1, -0.05) is 20.8 Å². The topological polar surface area (TPSA) is 89.6 Å². The lowest BCUT2D eigenvalue weighted by Gasteiger charge is -2.20. The van der Waals surface area contributed by atoms with Crippen LogP contribution in [0.15, 0.2) is 0 Å². The van der Waals surface area contributed by atoms with Gasteiger partial charge in [-0.05, 0) is 18.3 Å². The molecule has 3 N–H and O–H groups in total. The molecule has 1 amide bonds. The Labute approximate surface area is 103 Å². The fraction of sp³-hybridized carbons (Fsp3) is 0.909. The molecule has 0 aliphatic carbocycles. The van der Waals surface area contributed by atoms with Gasteiger partial charge in [-0.15, -0.1) is 0 Å². The van der Waals surface area contributed by atoms with E-state index in [1.165, 1.54) is 0 Å². The van der Waals surface area contributed by atoms with Crippen LogP contribution in [-0.2, 0) is 13.9 Å². The van der Waals surface area contributed by atoms with Gasteiger partial charge in [0.25, 0.3) is 0 Å². The van der Waals surface area contributed by atoms with Crippen LogP contribution in [0.2, 0.25) is 0 Å². The maximum absolute atomic E-state index is 12.1. The van der Waals surface area contributed by atoms with Crippen molar-refractivity contribution in [3.05, 3.63) is 0 Å². The number of aliphatic hydroxyl groups is 1. The zero-order valence-corrected chi connectivity index (χ0v) is 11.9. The molecule has 0 spiro atoms. The molecule has 6 heteroatoms. The number of hydrogen-bond acceptors (Lipinski definition) is 4. The summed E-state index contributed by atoms with van der Waals surface area (Å²) in [7, 11) is -2.65. The monoisotopic (exact) mass is 265 g/mol. The van der Waals surface area contributed by atoms with Crippen molar-refractivity contribution in [2.75, 3.05) is 19.4 Å². The second kappa shape index (κ2) is 7.14. The molecule has 0 aliphatic rings. The zero-order valence-electron chi connectivity index (χ0n) is 11.0. The summed E-state index contributed by atoms with van der Waals surface area (Å²) in [6, 6.07) is 0. The molecule has 0 rings (SSSR count). The molecule has 5 nitrogen and oxygen atoms in total. The number of primary amides is 1. The summed E-state index contributed by atoms with van der Waals surface area (Å²) in [5.74, 6) is -0.485. The average molecular weight is 265 g/mol. The molecule has 0 saturated heterocycles. The van der Waals surface area contributed by atoms with Crippen molar-refractivity contribution in [3.63, 3.8) is 0 Å². The maximum Gasteiger partial charge on any atom is 0.246 e. The molecule has 0 saturated carbocycles. The van der Waals surface area contributed by atoms with Crippen LogP contribution < -0.4 is 5.73 Å². The van der Waals surface area contributed by atoms with E-state index in [1.54, 1.807) is 6.66 Å². The van der Waals surface area contributed by atoms with Crippen LogP contribution in [0.4, 0.5) is 0 Å². The quantitative estimate of drug-likeness (QED) is 0.650. The predicted molar refractivity (Wildman–Crippen MR) is 68.2 cm³/mol. The minimum absolute atomic E-state index is 0.0690. The number of amides is 1. The van der Waals surface area contributed by atoms with Crippen molar-refractivity contribution in [2.45, 2.75) is 33.3 Å². The van der Waals surface area contributed by atoms with Crippen molar-refractivity contribution in [1.29, 1.82) is 0 Å². The van der Waals surface area contributed by atoms with Crippen LogP contribution in [0.25, 0.3) is 0 Å². The molecule has 0 bridgehead atoms. The predicted octanol–water partition coefficient (Wildman–Crippen LogP) is 1.44. The molecule has 0 heterocycles. The highest BCUT2D eigenvalue weighted by Crippen LogP contribution is 2.45. The summed E-state index contributed by atoms with van der Waals surface area (Å²) < 4.78 is 17.4. The number of aliphatic hydroxyl groups excluding tert-OH is 1. The summed E-state index contributed by atoms with van der Waals surface area (Å²) in [4.78, 5) is 10.7. The Bertz CT molecular complexity index is 293. The van der Waals surface area contributed by atoms with Gasteiger partial charge in [0, 0.05) is 12.8 Å². The van der Waals surface area contributed by atoms with Gasteiger partial charge in [-0.25, -0.2) is 0 Å². The molecule has 17 heavy (non-hydrogen) atoms. The standard InChI is InChI=1S/C11H24NO4P/c1-8(2)6-16-17(4,15)7-9(3)5-10(13)11(12)14/h8-10,13H,5-7H2,1-4H3,(H2,12,14). The third-order valence-corrected chi connectivity index (χ3v) is 4.26. The van der Waals surface area contributed by atoms with Gasteiger partial charge in [0.15, 0.2) is 7.37 Å². The Hall–Kier alpha value is -0.380. The lowest BCUT2D eigenvalue weighted by molar-refractivity contribution is -0.126. The molecule has 0 aromatic heterocycles. The number of hydrogen-bond donors (Lipinski definition) is 2. The van der Waals surface area contributed by atoms with Gasteiger partial charge in [0.1, 0.15) is 6.10 Å². The van der Waals surface area contributed by atoms with E-state index in [-0.39, 0.29) is 12.3 Å². The first-order valence-corrected chi connectivity index (χ1v) is 8.08. The van der Waals surface area contributed by atoms with Crippen molar-refractivity contribution in [3.8, 4) is 0 Å². The van der Waals surface area contributed by atoms with Crippen LogP contribution in [0.5, 0.6) is 0 Å². The first-order valence-electron chi connectivity index (χ1n) is 5.82. The largest absolute Gasteiger partial charge is 0.383 e. The summed E-state index contributed by atoms with van der Waals surface area (Å²) in [6.45, 7) is 7.84. The van der Waals surface area contributed by atoms with Gasteiger partial charge in [0.2, 0.25) is 5.91 Å².